The molecule has 1 amide bonds. The lowest BCUT2D eigenvalue weighted by Crippen LogP contribution is -2.28. The molecule has 1 saturated heterocycles. The van der Waals surface area contributed by atoms with Gasteiger partial charge in [-0.2, -0.15) is 0 Å². The minimum absolute atomic E-state index is 0.0278. The highest BCUT2D eigenvalue weighted by Gasteiger charge is 2.18. The first-order valence-corrected chi connectivity index (χ1v) is 12.8. The number of hydrogen-bond donors (Lipinski definition) is 3. The average molecular weight is 504 g/mol. The van der Waals surface area contributed by atoms with E-state index in [1.54, 1.807) is 24.4 Å². The van der Waals surface area contributed by atoms with E-state index < -0.39 is 0 Å². The number of hydrogen-bond acceptors (Lipinski definition) is 8. The summed E-state index contributed by atoms with van der Waals surface area (Å²) in [5.74, 6) is 1.33. The average Bonchev–Trinajstić information content (AvgIpc) is 2.90. The molecule has 2 aromatic carbocycles. The Morgan fingerprint density at radius 1 is 1.08 bits per heavy atom. The summed E-state index contributed by atoms with van der Waals surface area (Å²) >= 11 is 0. The minimum Gasteiger partial charge on any atom is -0.488 e. The number of benzene rings is 2. The molecule has 4 N–H and O–H groups in total. The lowest BCUT2D eigenvalue weighted by molar-refractivity contribution is 0.00576. The molecule has 9 nitrogen and oxygen atoms in total. The SMILES string of the molecule is CC1CCNC(=O)c2ccc(c(N)c2)-c2ccnc(n2)Nc2ccc(OC3CCCOC3)c(c2)COC1. The molecule has 6 rings (SSSR count). The van der Waals surface area contributed by atoms with Gasteiger partial charge >= 0.3 is 0 Å². The molecule has 9 heteroatoms. The molecular formula is C28H33N5O4. The lowest BCUT2D eigenvalue weighted by atomic mass is 10.1. The Bertz CT molecular complexity index is 1240. The van der Waals surface area contributed by atoms with Gasteiger partial charge in [0.2, 0.25) is 5.95 Å². The van der Waals surface area contributed by atoms with Crippen LogP contribution in [0.25, 0.3) is 11.3 Å². The second-order valence-electron chi connectivity index (χ2n) is 9.64. The van der Waals surface area contributed by atoms with Crippen LogP contribution in [-0.4, -0.2) is 48.3 Å². The van der Waals surface area contributed by atoms with Gasteiger partial charge in [-0.15, -0.1) is 0 Å². The molecule has 3 aromatic rings. The quantitative estimate of drug-likeness (QED) is 0.443. The normalized spacial score (nSPS) is 20.6. The monoisotopic (exact) mass is 503 g/mol. The Balaban J connectivity index is 1.45. The van der Waals surface area contributed by atoms with Gasteiger partial charge in [-0.1, -0.05) is 6.92 Å². The van der Waals surface area contributed by atoms with Crippen molar-refractivity contribution in [2.75, 3.05) is 37.4 Å². The molecular weight excluding hydrogens is 470 g/mol. The van der Waals surface area contributed by atoms with Crippen LogP contribution in [0.4, 0.5) is 17.3 Å². The van der Waals surface area contributed by atoms with E-state index >= 15 is 0 Å². The molecule has 2 unspecified atom stereocenters. The third-order valence-electron chi connectivity index (χ3n) is 6.56. The van der Waals surface area contributed by atoms with E-state index in [0.717, 1.165) is 48.4 Å². The standard InChI is InChI=1S/C28H33N5O4/c1-18-8-10-30-27(34)19-4-6-23(24(29)14-19)25-9-11-31-28(33-25)32-21-5-7-26(20(13-21)16-36-15-18)37-22-3-2-12-35-17-22/h4-7,9,11,13-14,18,22H,2-3,8,10,12,15-17,29H2,1H3,(H,30,34)(H,31,32,33). The second kappa shape index (κ2) is 11.6. The molecule has 2 atom stereocenters. The number of anilines is 3. The summed E-state index contributed by atoms with van der Waals surface area (Å²) in [6.45, 7) is 5.00. The van der Waals surface area contributed by atoms with Crippen molar-refractivity contribution in [1.29, 1.82) is 0 Å². The van der Waals surface area contributed by atoms with E-state index in [2.05, 4.69) is 27.5 Å². The van der Waals surface area contributed by atoms with Crippen molar-refractivity contribution in [1.82, 2.24) is 15.3 Å². The van der Waals surface area contributed by atoms with Gasteiger partial charge in [-0.05, 0) is 67.6 Å². The van der Waals surface area contributed by atoms with Gasteiger partial charge < -0.3 is 30.6 Å². The first-order valence-electron chi connectivity index (χ1n) is 12.8. The number of nitrogens with two attached hydrogens (primary N) is 1. The Hall–Kier alpha value is -3.69. The number of aromatic nitrogens is 2. The van der Waals surface area contributed by atoms with Crippen LogP contribution in [0, 0.1) is 5.92 Å². The molecule has 1 aromatic heterocycles. The molecule has 3 aliphatic heterocycles. The maximum absolute atomic E-state index is 12.6. The molecule has 0 spiro atoms. The Morgan fingerprint density at radius 2 is 2.00 bits per heavy atom. The van der Waals surface area contributed by atoms with Gasteiger partial charge in [-0.3, -0.25) is 4.79 Å². The number of nitrogens with one attached hydrogen (secondary N) is 2. The van der Waals surface area contributed by atoms with Crippen molar-refractivity contribution < 1.29 is 19.0 Å². The van der Waals surface area contributed by atoms with Crippen molar-refractivity contribution in [2.24, 2.45) is 5.92 Å². The Labute approximate surface area is 216 Å². The number of carbonyl (C=O) groups is 1. The van der Waals surface area contributed by atoms with Gasteiger partial charge in [0.1, 0.15) is 11.9 Å². The Morgan fingerprint density at radius 3 is 2.84 bits per heavy atom. The molecule has 37 heavy (non-hydrogen) atoms. The predicted octanol–water partition coefficient (Wildman–Crippen LogP) is 4.31. The van der Waals surface area contributed by atoms with E-state index in [0.29, 0.717) is 49.3 Å². The van der Waals surface area contributed by atoms with E-state index in [-0.39, 0.29) is 17.9 Å². The first-order chi connectivity index (χ1) is 18.0. The summed E-state index contributed by atoms with van der Waals surface area (Å²) in [6, 6.07) is 13.0. The van der Waals surface area contributed by atoms with Crippen molar-refractivity contribution in [3.8, 4) is 17.0 Å². The van der Waals surface area contributed by atoms with Gasteiger partial charge in [0, 0.05) is 54.0 Å². The lowest BCUT2D eigenvalue weighted by Gasteiger charge is -2.25. The maximum atomic E-state index is 12.6. The highest BCUT2D eigenvalue weighted by atomic mass is 16.5. The molecule has 194 valence electrons. The molecule has 6 bridgehead atoms. The summed E-state index contributed by atoms with van der Waals surface area (Å²) in [4.78, 5) is 21.7. The number of carbonyl (C=O) groups excluding carboxylic acids is 1. The number of fused-ring (bicyclic) bond motifs is 9. The van der Waals surface area contributed by atoms with Crippen LogP contribution in [0.15, 0.2) is 48.7 Å². The number of rotatable bonds is 2. The zero-order valence-electron chi connectivity index (χ0n) is 21.0. The third kappa shape index (κ3) is 6.36. The van der Waals surface area contributed by atoms with Crippen molar-refractivity contribution in [2.45, 2.75) is 38.9 Å². The van der Waals surface area contributed by atoms with Gasteiger partial charge in [0.15, 0.2) is 0 Å². The van der Waals surface area contributed by atoms with Gasteiger partial charge in [0.05, 0.1) is 18.9 Å². The second-order valence-corrected chi connectivity index (χ2v) is 9.64. The number of ether oxygens (including phenoxy) is 3. The molecule has 0 aliphatic carbocycles. The van der Waals surface area contributed by atoms with Crippen LogP contribution in [0.2, 0.25) is 0 Å². The number of amides is 1. The van der Waals surface area contributed by atoms with E-state index in [1.165, 1.54) is 0 Å². The minimum atomic E-state index is -0.154. The van der Waals surface area contributed by atoms with Crippen LogP contribution in [0.3, 0.4) is 0 Å². The fraction of sp³-hybridized carbons (Fsp3) is 0.393. The van der Waals surface area contributed by atoms with Crippen molar-refractivity contribution >= 4 is 23.2 Å². The summed E-state index contributed by atoms with van der Waals surface area (Å²) in [7, 11) is 0. The fourth-order valence-corrected chi connectivity index (χ4v) is 4.49. The zero-order valence-corrected chi connectivity index (χ0v) is 21.0. The fourth-order valence-electron chi connectivity index (χ4n) is 4.49. The summed E-state index contributed by atoms with van der Waals surface area (Å²) in [5.41, 5.74) is 10.5. The van der Waals surface area contributed by atoms with Crippen LogP contribution >= 0.6 is 0 Å². The zero-order chi connectivity index (χ0) is 25.6. The summed E-state index contributed by atoms with van der Waals surface area (Å²) in [5, 5.41) is 6.27. The number of nitrogens with zero attached hydrogens (tertiary/aromatic N) is 2. The molecule has 3 aliphatic rings. The molecule has 0 radical (unpaired) electrons. The number of nitrogen functional groups attached to an aromatic ring is 1. The van der Waals surface area contributed by atoms with Gasteiger partial charge in [0.25, 0.3) is 5.91 Å². The Kier molecular flexibility index (Phi) is 7.82. The van der Waals surface area contributed by atoms with Crippen LogP contribution < -0.4 is 21.1 Å². The smallest absolute Gasteiger partial charge is 0.251 e. The van der Waals surface area contributed by atoms with E-state index in [9.17, 15) is 4.79 Å². The summed E-state index contributed by atoms with van der Waals surface area (Å²) in [6.07, 6.45) is 4.46. The van der Waals surface area contributed by atoms with Crippen molar-refractivity contribution in [3.05, 3.63) is 59.8 Å². The maximum Gasteiger partial charge on any atom is 0.251 e. The molecule has 1 fully saturated rings. The van der Waals surface area contributed by atoms with E-state index in [1.807, 2.05) is 24.3 Å². The molecule has 0 saturated carbocycles. The largest absolute Gasteiger partial charge is 0.488 e. The van der Waals surface area contributed by atoms with Crippen LogP contribution in [0.5, 0.6) is 5.75 Å². The highest BCUT2D eigenvalue weighted by Crippen LogP contribution is 2.29. The van der Waals surface area contributed by atoms with Crippen molar-refractivity contribution in [3.63, 3.8) is 0 Å². The topological polar surface area (TPSA) is 121 Å². The van der Waals surface area contributed by atoms with Crippen LogP contribution in [0.1, 0.15) is 42.1 Å². The predicted molar refractivity (Wildman–Crippen MR) is 142 cm³/mol. The van der Waals surface area contributed by atoms with Crippen LogP contribution in [-0.2, 0) is 16.1 Å². The van der Waals surface area contributed by atoms with E-state index in [4.69, 9.17) is 19.9 Å². The van der Waals surface area contributed by atoms with Gasteiger partial charge in [-0.25, -0.2) is 9.97 Å². The molecule has 4 heterocycles. The highest BCUT2D eigenvalue weighted by molar-refractivity contribution is 5.96. The first kappa shape index (κ1) is 25.0. The third-order valence-corrected chi connectivity index (χ3v) is 6.56. The summed E-state index contributed by atoms with van der Waals surface area (Å²) < 4.78 is 18.0.